The summed E-state index contributed by atoms with van der Waals surface area (Å²) in [5, 5.41) is 14.1. The monoisotopic (exact) mass is 328 g/mol. The predicted octanol–water partition coefficient (Wildman–Crippen LogP) is 3.89. The summed E-state index contributed by atoms with van der Waals surface area (Å²) in [7, 11) is 0. The number of benzene rings is 3. The van der Waals surface area contributed by atoms with Gasteiger partial charge in [-0.3, -0.25) is 0 Å². The van der Waals surface area contributed by atoms with E-state index in [-0.39, 0.29) is 0 Å². The highest BCUT2D eigenvalue weighted by Crippen LogP contribution is 2.20. The third-order valence-electron chi connectivity index (χ3n) is 3.90. The first-order valence-electron chi connectivity index (χ1n) is 7.97. The Morgan fingerprint density at radius 2 is 1.64 bits per heavy atom. The minimum absolute atomic E-state index is 0.537. The van der Waals surface area contributed by atoms with Gasteiger partial charge in [-0.2, -0.15) is 5.10 Å². The number of fused-ring (bicyclic) bond motifs is 1. The molecule has 0 atom stereocenters. The summed E-state index contributed by atoms with van der Waals surface area (Å²) in [6.07, 6.45) is 4.83. The average molecular weight is 328 g/mol. The number of ether oxygens (including phenoxy) is 1. The highest BCUT2D eigenvalue weighted by atomic mass is 16.5. The normalized spacial score (nSPS) is 11.2. The van der Waals surface area contributed by atoms with Gasteiger partial charge in [0.15, 0.2) is 0 Å². The lowest BCUT2D eigenvalue weighted by atomic mass is 10.1. The third-order valence-corrected chi connectivity index (χ3v) is 3.90. The second-order valence-electron chi connectivity index (χ2n) is 5.58. The Bertz CT molecular complexity index is 987. The standard InChI is InChI=1S/C20H16N4O/c1-2-7-20-17(4-1)5-3-6-18(20)13-25-19-10-8-16(9-11-19)12-23-24-14-21-22-15-24/h1-12,14-15H,13H2/b23-12+. The van der Waals surface area contributed by atoms with Crippen LogP contribution < -0.4 is 4.74 Å². The van der Waals surface area contributed by atoms with Crippen molar-refractivity contribution in [1.82, 2.24) is 14.9 Å². The molecule has 0 radical (unpaired) electrons. The van der Waals surface area contributed by atoms with Gasteiger partial charge in [-0.05, 0) is 46.2 Å². The van der Waals surface area contributed by atoms with E-state index in [2.05, 4.69) is 51.7 Å². The molecule has 1 heterocycles. The van der Waals surface area contributed by atoms with Gasteiger partial charge in [-0.1, -0.05) is 42.5 Å². The Morgan fingerprint density at radius 3 is 2.48 bits per heavy atom. The Hall–Kier alpha value is -3.47. The van der Waals surface area contributed by atoms with Crippen molar-refractivity contribution < 1.29 is 4.74 Å². The summed E-state index contributed by atoms with van der Waals surface area (Å²) in [5.41, 5.74) is 2.16. The molecule has 0 aliphatic rings. The first kappa shape index (κ1) is 15.1. The van der Waals surface area contributed by atoms with Gasteiger partial charge in [0.05, 0.1) is 6.21 Å². The first-order valence-corrected chi connectivity index (χ1v) is 7.97. The molecule has 0 bridgehead atoms. The van der Waals surface area contributed by atoms with E-state index in [0.29, 0.717) is 6.61 Å². The van der Waals surface area contributed by atoms with Crippen LogP contribution in [-0.2, 0) is 6.61 Å². The zero-order valence-electron chi connectivity index (χ0n) is 13.5. The van der Waals surface area contributed by atoms with Crippen LogP contribution in [0.2, 0.25) is 0 Å². The fourth-order valence-electron chi connectivity index (χ4n) is 2.62. The molecule has 0 spiro atoms. The summed E-state index contributed by atoms with van der Waals surface area (Å²) in [4.78, 5) is 0. The lowest BCUT2D eigenvalue weighted by Gasteiger charge is -2.09. The van der Waals surface area contributed by atoms with Gasteiger partial charge in [0.1, 0.15) is 25.0 Å². The second kappa shape index (κ2) is 6.97. The lowest BCUT2D eigenvalue weighted by molar-refractivity contribution is 0.307. The summed E-state index contributed by atoms with van der Waals surface area (Å²) in [6, 6.07) is 22.4. The fourth-order valence-corrected chi connectivity index (χ4v) is 2.62. The van der Waals surface area contributed by atoms with Crippen LogP contribution in [0.1, 0.15) is 11.1 Å². The molecular formula is C20H16N4O. The molecule has 4 aromatic rings. The Morgan fingerprint density at radius 1 is 0.880 bits per heavy atom. The van der Waals surface area contributed by atoms with Gasteiger partial charge in [0.2, 0.25) is 0 Å². The van der Waals surface area contributed by atoms with Crippen LogP contribution in [0.5, 0.6) is 5.75 Å². The van der Waals surface area contributed by atoms with Crippen molar-refractivity contribution in [2.75, 3.05) is 0 Å². The minimum atomic E-state index is 0.537. The van der Waals surface area contributed by atoms with Crippen LogP contribution in [0.15, 0.2) is 84.5 Å². The molecule has 122 valence electrons. The lowest BCUT2D eigenvalue weighted by Crippen LogP contribution is -1.96. The summed E-state index contributed by atoms with van der Waals surface area (Å²) in [6.45, 7) is 0.537. The van der Waals surface area contributed by atoms with Gasteiger partial charge in [-0.25, -0.2) is 4.68 Å². The van der Waals surface area contributed by atoms with Crippen molar-refractivity contribution in [2.24, 2.45) is 5.10 Å². The molecule has 0 saturated heterocycles. The Kier molecular flexibility index (Phi) is 4.20. The quantitative estimate of drug-likeness (QED) is 0.522. The molecule has 0 N–H and O–H groups in total. The molecule has 0 aliphatic heterocycles. The zero-order chi connectivity index (χ0) is 16.9. The number of nitrogens with zero attached hydrogens (tertiary/aromatic N) is 4. The van der Waals surface area contributed by atoms with Crippen molar-refractivity contribution in [3.63, 3.8) is 0 Å². The van der Waals surface area contributed by atoms with Gasteiger partial charge in [-0.15, -0.1) is 10.2 Å². The van der Waals surface area contributed by atoms with Crippen molar-refractivity contribution in [3.8, 4) is 5.75 Å². The predicted molar refractivity (Wildman–Crippen MR) is 97.7 cm³/mol. The number of rotatable bonds is 5. The van der Waals surface area contributed by atoms with Crippen LogP contribution >= 0.6 is 0 Å². The molecule has 0 saturated carbocycles. The van der Waals surface area contributed by atoms with E-state index in [1.807, 2.05) is 30.3 Å². The van der Waals surface area contributed by atoms with Crippen LogP contribution in [0.4, 0.5) is 0 Å². The Balaban J connectivity index is 1.44. The Labute approximate surface area is 145 Å². The maximum absolute atomic E-state index is 5.94. The highest BCUT2D eigenvalue weighted by Gasteiger charge is 2.01. The van der Waals surface area contributed by atoms with Crippen molar-refractivity contribution in [3.05, 3.63) is 90.5 Å². The molecular weight excluding hydrogens is 312 g/mol. The van der Waals surface area contributed by atoms with E-state index in [4.69, 9.17) is 4.74 Å². The molecule has 0 unspecified atom stereocenters. The van der Waals surface area contributed by atoms with Gasteiger partial charge >= 0.3 is 0 Å². The molecule has 3 aromatic carbocycles. The average Bonchev–Trinajstić information content (AvgIpc) is 3.19. The summed E-state index contributed by atoms with van der Waals surface area (Å²) < 4.78 is 7.48. The van der Waals surface area contributed by atoms with Crippen LogP contribution in [0, 0.1) is 0 Å². The number of hydrogen-bond donors (Lipinski definition) is 0. The van der Waals surface area contributed by atoms with Gasteiger partial charge < -0.3 is 4.74 Å². The topological polar surface area (TPSA) is 52.3 Å². The van der Waals surface area contributed by atoms with E-state index in [1.165, 1.54) is 29.0 Å². The molecule has 1 aromatic heterocycles. The highest BCUT2D eigenvalue weighted by molar-refractivity contribution is 5.85. The van der Waals surface area contributed by atoms with E-state index >= 15 is 0 Å². The summed E-state index contributed by atoms with van der Waals surface area (Å²) in [5.74, 6) is 0.828. The smallest absolute Gasteiger partial charge is 0.141 e. The third kappa shape index (κ3) is 3.55. The van der Waals surface area contributed by atoms with E-state index in [9.17, 15) is 0 Å². The maximum atomic E-state index is 5.94. The number of hydrogen-bond acceptors (Lipinski definition) is 4. The van der Waals surface area contributed by atoms with Gasteiger partial charge in [0, 0.05) is 0 Å². The van der Waals surface area contributed by atoms with Gasteiger partial charge in [0.25, 0.3) is 0 Å². The molecule has 25 heavy (non-hydrogen) atoms. The fraction of sp³-hybridized carbons (Fsp3) is 0.0500. The summed E-state index contributed by atoms with van der Waals surface area (Å²) >= 11 is 0. The second-order valence-corrected chi connectivity index (χ2v) is 5.58. The van der Waals surface area contributed by atoms with Crippen LogP contribution in [0.3, 0.4) is 0 Å². The minimum Gasteiger partial charge on any atom is -0.489 e. The van der Waals surface area contributed by atoms with Crippen molar-refractivity contribution in [2.45, 2.75) is 6.61 Å². The van der Waals surface area contributed by atoms with E-state index in [1.54, 1.807) is 10.9 Å². The van der Waals surface area contributed by atoms with E-state index in [0.717, 1.165) is 11.3 Å². The maximum Gasteiger partial charge on any atom is 0.141 e. The number of aromatic nitrogens is 3. The zero-order valence-corrected chi connectivity index (χ0v) is 13.5. The van der Waals surface area contributed by atoms with Crippen molar-refractivity contribution >= 4 is 17.0 Å². The SMILES string of the molecule is C(=N\n1cnnc1)/c1ccc(OCc2cccc3ccccc23)cc1. The molecule has 5 heteroatoms. The molecule has 0 fully saturated rings. The van der Waals surface area contributed by atoms with Crippen molar-refractivity contribution in [1.29, 1.82) is 0 Å². The molecule has 4 rings (SSSR count). The largest absolute Gasteiger partial charge is 0.489 e. The van der Waals surface area contributed by atoms with Crippen LogP contribution in [-0.4, -0.2) is 21.1 Å². The van der Waals surface area contributed by atoms with Crippen LogP contribution in [0.25, 0.3) is 10.8 Å². The molecule has 0 aliphatic carbocycles. The van der Waals surface area contributed by atoms with E-state index < -0.39 is 0 Å². The molecule has 5 nitrogen and oxygen atoms in total. The first-order chi connectivity index (χ1) is 12.4. The molecule has 0 amide bonds.